The van der Waals surface area contributed by atoms with Gasteiger partial charge in [-0.15, -0.1) is 0 Å². The Balaban J connectivity index is 2.47. The second-order valence-corrected chi connectivity index (χ2v) is 4.54. The van der Waals surface area contributed by atoms with Gasteiger partial charge in [0.25, 0.3) is 0 Å². The third-order valence-corrected chi connectivity index (χ3v) is 2.43. The van der Waals surface area contributed by atoms with Crippen molar-refractivity contribution in [2.24, 2.45) is 0 Å². The van der Waals surface area contributed by atoms with Crippen molar-refractivity contribution in [3.05, 3.63) is 29.8 Å². The predicted molar refractivity (Wildman–Crippen MR) is 80.5 cm³/mol. The number of nitrogens with one attached hydrogen (secondary N) is 2. The van der Waals surface area contributed by atoms with E-state index in [9.17, 15) is 14.4 Å². The zero-order valence-corrected chi connectivity index (χ0v) is 12.2. The van der Waals surface area contributed by atoms with Gasteiger partial charge in [-0.25, -0.2) is 0 Å². The molecule has 0 spiro atoms. The maximum atomic E-state index is 11.4. The van der Waals surface area contributed by atoms with E-state index in [4.69, 9.17) is 0 Å². The molecule has 0 aliphatic heterocycles. The fraction of sp³-hybridized carbons (Fsp3) is 0.312. The highest BCUT2D eigenvalue weighted by Gasteiger charge is 2.04. The molecule has 1 aromatic carbocycles. The van der Waals surface area contributed by atoms with Crippen molar-refractivity contribution >= 4 is 23.3 Å². The van der Waals surface area contributed by atoms with Crippen LogP contribution in [-0.4, -0.2) is 24.1 Å². The number of carbonyl (C=O) groups is 3. The standard InChI is InChI=1S/C16H18N2O3/c1-12(19)11-16(21)18-15-8-6-14(7-9-15)5-3-4-10-17-13(2)20/h6-9H,4,10-11H2,1-2H3,(H,17,20)(H,18,21). The Morgan fingerprint density at radius 2 is 1.76 bits per heavy atom. The van der Waals surface area contributed by atoms with Crippen LogP contribution in [0.4, 0.5) is 5.69 Å². The molecular formula is C16H18N2O3. The Hall–Kier alpha value is -2.61. The van der Waals surface area contributed by atoms with Gasteiger partial charge in [-0.3, -0.25) is 14.4 Å². The number of hydrogen-bond donors (Lipinski definition) is 2. The van der Waals surface area contributed by atoms with Crippen molar-refractivity contribution in [1.29, 1.82) is 0 Å². The molecule has 0 aliphatic rings. The van der Waals surface area contributed by atoms with Crippen LogP contribution in [0.2, 0.25) is 0 Å². The van der Waals surface area contributed by atoms with Gasteiger partial charge >= 0.3 is 0 Å². The molecule has 0 bridgehead atoms. The zero-order valence-electron chi connectivity index (χ0n) is 12.2. The minimum absolute atomic E-state index is 0.0672. The lowest BCUT2D eigenvalue weighted by atomic mass is 10.2. The molecule has 0 unspecified atom stereocenters. The summed E-state index contributed by atoms with van der Waals surface area (Å²) < 4.78 is 0. The molecular weight excluding hydrogens is 268 g/mol. The Morgan fingerprint density at radius 3 is 2.33 bits per heavy atom. The summed E-state index contributed by atoms with van der Waals surface area (Å²) in [6.07, 6.45) is 0.460. The quantitative estimate of drug-likeness (QED) is 0.489. The molecule has 110 valence electrons. The van der Waals surface area contributed by atoms with Crippen LogP contribution in [0.3, 0.4) is 0 Å². The highest BCUT2D eigenvalue weighted by atomic mass is 16.2. The first-order valence-electron chi connectivity index (χ1n) is 6.60. The third kappa shape index (κ3) is 7.53. The van der Waals surface area contributed by atoms with Crippen LogP contribution in [0.5, 0.6) is 0 Å². The van der Waals surface area contributed by atoms with Gasteiger partial charge < -0.3 is 10.6 Å². The SMILES string of the molecule is CC(=O)CC(=O)Nc1ccc(C#CCCNC(C)=O)cc1. The van der Waals surface area contributed by atoms with Crippen molar-refractivity contribution in [1.82, 2.24) is 5.32 Å². The Kier molecular flexibility index (Phi) is 6.69. The topological polar surface area (TPSA) is 75.3 Å². The van der Waals surface area contributed by atoms with E-state index < -0.39 is 0 Å². The summed E-state index contributed by atoms with van der Waals surface area (Å²) in [6.45, 7) is 3.37. The minimum Gasteiger partial charge on any atom is -0.355 e. The summed E-state index contributed by atoms with van der Waals surface area (Å²) >= 11 is 0. The lowest BCUT2D eigenvalue weighted by molar-refractivity contribution is -0.124. The van der Waals surface area contributed by atoms with Gasteiger partial charge in [0, 0.05) is 31.1 Å². The van der Waals surface area contributed by atoms with Gasteiger partial charge in [0.2, 0.25) is 11.8 Å². The van der Waals surface area contributed by atoms with Crippen LogP contribution in [0, 0.1) is 11.8 Å². The number of amides is 2. The molecule has 0 saturated heterocycles. The molecule has 0 radical (unpaired) electrons. The van der Waals surface area contributed by atoms with E-state index in [0.717, 1.165) is 5.56 Å². The fourth-order valence-electron chi connectivity index (χ4n) is 1.53. The number of hydrogen-bond acceptors (Lipinski definition) is 3. The molecule has 2 amide bonds. The number of ketones is 1. The third-order valence-electron chi connectivity index (χ3n) is 2.43. The number of Topliss-reactive ketones (excluding diaryl/α,β-unsaturated/α-hetero) is 1. The average molecular weight is 286 g/mol. The summed E-state index contributed by atoms with van der Waals surface area (Å²) in [4.78, 5) is 32.9. The summed E-state index contributed by atoms with van der Waals surface area (Å²) in [5.74, 6) is 5.35. The van der Waals surface area contributed by atoms with Crippen molar-refractivity contribution in [2.75, 3.05) is 11.9 Å². The first kappa shape index (κ1) is 16.4. The molecule has 5 nitrogen and oxygen atoms in total. The number of anilines is 1. The van der Waals surface area contributed by atoms with Gasteiger partial charge in [0.15, 0.2) is 0 Å². The van der Waals surface area contributed by atoms with Gasteiger partial charge in [-0.2, -0.15) is 0 Å². The summed E-state index contributed by atoms with van der Waals surface area (Å²) in [5.41, 5.74) is 1.45. The number of rotatable bonds is 5. The molecule has 0 aromatic heterocycles. The monoisotopic (exact) mass is 286 g/mol. The second-order valence-electron chi connectivity index (χ2n) is 4.54. The van der Waals surface area contributed by atoms with Crippen LogP contribution in [0.25, 0.3) is 0 Å². The molecule has 5 heteroatoms. The molecule has 21 heavy (non-hydrogen) atoms. The number of benzene rings is 1. The zero-order chi connectivity index (χ0) is 15.7. The Morgan fingerprint density at radius 1 is 1.10 bits per heavy atom. The van der Waals surface area contributed by atoms with Crippen molar-refractivity contribution < 1.29 is 14.4 Å². The van der Waals surface area contributed by atoms with E-state index in [1.54, 1.807) is 24.3 Å². The fourth-order valence-corrected chi connectivity index (χ4v) is 1.53. The van der Waals surface area contributed by atoms with E-state index in [2.05, 4.69) is 22.5 Å². The summed E-state index contributed by atoms with van der Waals surface area (Å²) in [7, 11) is 0. The largest absolute Gasteiger partial charge is 0.355 e. The van der Waals surface area contributed by atoms with Gasteiger partial charge in [0.05, 0.1) is 6.42 Å². The van der Waals surface area contributed by atoms with Gasteiger partial charge in [-0.1, -0.05) is 11.8 Å². The molecule has 1 aromatic rings. The minimum atomic E-state index is -0.323. The van der Waals surface area contributed by atoms with E-state index in [0.29, 0.717) is 18.7 Å². The number of carbonyl (C=O) groups excluding carboxylic acids is 3. The van der Waals surface area contributed by atoms with Gasteiger partial charge in [-0.05, 0) is 31.2 Å². The molecule has 0 atom stereocenters. The Labute approximate surface area is 124 Å². The van der Waals surface area contributed by atoms with Crippen LogP contribution < -0.4 is 10.6 Å². The van der Waals surface area contributed by atoms with Crippen molar-refractivity contribution in [2.45, 2.75) is 26.7 Å². The van der Waals surface area contributed by atoms with E-state index in [-0.39, 0.29) is 24.0 Å². The normalized spacial score (nSPS) is 9.24. The molecule has 0 saturated carbocycles. The van der Waals surface area contributed by atoms with E-state index in [1.165, 1.54) is 13.8 Å². The average Bonchev–Trinajstić information content (AvgIpc) is 2.39. The summed E-state index contributed by atoms with van der Waals surface area (Å²) in [6, 6.07) is 7.04. The lowest BCUT2D eigenvalue weighted by Gasteiger charge is -2.03. The van der Waals surface area contributed by atoms with E-state index in [1.807, 2.05) is 0 Å². The van der Waals surface area contributed by atoms with Crippen LogP contribution in [-0.2, 0) is 14.4 Å². The molecule has 0 aliphatic carbocycles. The van der Waals surface area contributed by atoms with Crippen LogP contribution >= 0.6 is 0 Å². The van der Waals surface area contributed by atoms with E-state index >= 15 is 0 Å². The first-order valence-corrected chi connectivity index (χ1v) is 6.60. The van der Waals surface area contributed by atoms with Crippen molar-refractivity contribution in [3.63, 3.8) is 0 Å². The summed E-state index contributed by atoms with van der Waals surface area (Å²) in [5, 5.41) is 5.30. The second kappa shape index (κ2) is 8.54. The predicted octanol–water partition coefficient (Wildman–Crippen LogP) is 1.48. The molecule has 2 N–H and O–H groups in total. The highest BCUT2D eigenvalue weighted by molar-refractivity contribution is 6.03. The Bertz CT molecular complexity index is 580. The molecule has 0 fully saturated rings. The molecule has 1 rings (SSSR count). The maximum absolute atomic E-state index is 11.4. The van der Waals surface area contributed by atoms with Crippen LogP contribution in [0.15, 0.2) is 24.3 Å². The first-order chi connectivity index (χ1) is 9.97. The highest BCUT2D eigenvalue weighted by Crippen LogP contribution is 2.09. The lowest BCUT2D eigenvalue weighted by Crippen LogP contribution is -2.20. The molecule has 0 heterocycles. The maximum Gasteiger partial charge on any atom is 0.231 e. The van der Waals surface area contributed by atoms with Gasteiger partial charge in [0.1, 0.15) is 5.78 Å². The van der Waals surface area contributed by atoms with Crippen molar-refractivity contribution in [3.8, 4) is 11.8 Å². The smallest absolute Gasteiger partial charge is 0.231 e. The van der Waals surface area contributed by atoms with Crippen LogP contribution in [0.1, 0.15) is 32.3 Å².